The van der Waals surface area contributed by atoms with Crippen molar-refractivity contribution in [1.82, 2.24) is 0 Å². The van der Waals surface area contributed by atoms with Crippen molar-refractivity contribution in [3.63, 3.8) is 0 Å². The normalized spacial score (nSPS) is 30.1. The van der Waals surface area contributed by atoms with Gasteiger partial charge in [-0.3, -0.25) is 0 Å². The third-order valence-corrected chi connectivity index (χ3v) is 3.96. The molecule has 2 rings (SSSR count). The highest BCUT2D eigenvalue weighted by molar-refractivity contribution is 5.25. The Bertz CT molecular complexity index is 328. The Hall–Kier alpha value is -0.820. The molecule has 0 heterocycles. The van der Waals surface area contributed by atoms with Crippen LogP contribution >= 0.6 is 0 Å². The third-order valence-electron chi connectivity index (χ3n) is 3.96. The monoisotopic (exact) mass is 204 g/mol. The van der Waals surface area contributed by atoms with E-state index in [1.807, 2.05) is 30.3 Å². The molecule has 0 amide bonds. The molecule has 0 aliphatic heterocycles. The standard InChI is InChI=1S/C14H20O/c1-13(2)10-6-7-11-14(13,15)12-8-4-3-5-9-12/h3-5,8-9,15H,6-7,10-11H2,1-2H3. The Morgan fingerprint density at radius 3 is 2.20 bits per heavy atom. The van der Waals surface area contributed by atoms with Gasteiger partial charge >= 0.3 is 0 Å². The highest BCUT2D eigenvalue weighted by atomic mass is 16.3. The molecule has 1 N–H and O–H groups in total. The topological polar surface area (TPSA) is 20.2 Å². The summed E-state index contributed by atoms with van der Waals surface area (Å²) < 4.78 is 0. The van der Waals surface area contributed by atoms with Crippen molar-refractivity contribution >= 4 is 0 Å². The molecule has 1 atom stereocenters. The van der Waals surface area contributed by atoms with Gasteiger partial charge < -0.3 is 5.11 Å². The first-order chi connectivity index (χ1) is 7.06. The van der Waals surface area contributed by atoms with E-state index in [-0.39, 0.29) is 5.41 Å². The minimum absolute atomic E-state index is 0.00734. The van der Waals surface area contributed by atoms with Crippen molar-refractivity contribution in [3.8, 4) is 0 Å². The van der Waals surface area contributed by atoms with Crippen LogP contribution in [0.1, 0.15) is 45.1 Å². The van der Waals surface area contributed by atoms with Crippen LogP contribution in [0.2, 0.25) is 0 Å². The SMILES string of the molecule is CC1(C)CCCCC1(O)c1ccccc1. The van der Waals surface area contributed by atoms with Crippen LogP contribution in [0.3, 0.4) is 0 Å². The summed E-state index contributed by atoms with van der Waals surface area (Å²) in [5, 5.41) is 10.9. The molecule has 1 aliphatic rings. The summed E-state index contributed by atoms with van der Waals surface area (Å²) in [6.07, 6.45) is 4.37. The quantitative estimate of drug-likeness (QED) is 0.742. The number of hydrogen-bond donors (Lipinski definition) is 1. The van der Waals surface area contributed by atoms with Gasteiger partial charge in [0.15, 0.2) is 0 Å². The zero-order chi connectivity index (χ0) is 10.9. The Labute approximate surface area is 92.1 Å². The zero-order valence-corrected chi connectivity index (χ0v) is 9.66. The minimum atomic E-state index is -0.632. The molecular formula is C14H20O. The number of aliphatic hydroxyl groups is 1. The molecule has 1 unspecified atom stereocenters. The van der Waals surface area contributed by atoms with Gasteiger partial charge in [0.25, 0.3) is 0 Å². The van der Waals surface area contributed by atoms with Crippen LogP contribution in [0.5, 0.6) is 0 Å². The lowest BCUT2D eigenvalue weighted by Crippen LogP contribution is -2.44. The van der Waals surface area contributed by atoms with Gasteiger partial charge in [0, 0.05) is 0 Å². The zero-order valence-electron chi connectivity index (χ0n) is 9.66. The second-order valence-corrected chi connectivity index (χ2v) is 5.32. The average molecular weight is 204 g/mol. The molecule has 0 saturated heterocycles. The smallest absolute Gasteiger partial charge is 0.0947 e. The first-order valence-electron chi connectivity index (χ1n) is 5.84. The van der Waals surface area contributed by atoms with Crippen LogP contribution in [-0.4, -0.2) is 5.11 Å². The predicted octanol–water partition coefficient (Wildman–Crippen LogP) is 3.47. The molecule has 1 heteroatoms. The molecule has 15 heavy (non-hydrogen) atoms. The lowest BCUT2D eigenvalue weighted by molar-refractivity contribution is -0.103. The van der Waals surface area contributed by atoms with Crippen molar-refractivity contribution in [2.75, 3.05) is 0 Å². The molecule has 1 aliphatic carbocycles. The molecule has 1 nitrogen and oxygen atoms in total. The van der Waals surface area contributed by atoms with E-state index in [4.69, 9.17) is 0 Å². The van der Waals surface area contributed by atoms with Gasteiger partial charge in [-0.2, -0.15) is 0 Å². The van der Waals surface area contributed by atoms with Crippen LogP contribution in [-0.2, 0) is 5.60 Å². The van der Waals surface area contributed by atoms with Gasteiger partial charge in [-0.05, 0) is 23.8 Å². The van der Waals surface area contributed by atoms with Crippen molar-refractivity contribution in [2.45, 2.75) is 45.1 Å². The molecule has 0 spiro atoms. The number of rotatable bonds is 1. The van der Waals surface area contributed by atoms with E-state index in [1.54, 1.807) is 0 Å². The van der Waals surface area contributed by atoms with E-state index in [0.29, 0.717) is 0 Å². The Morgan fingerprint density at radius 2 is 1.60 bits per heavy atom. The molecule has 1 saturated carbocycles. The maximum Gasteiger partial charge on any atom is 0.0947 e. The van der Waals surface area contributed by atoms with Gasteiger partial charge in [-0.1, -0.05) is 57.0 Å². The summed E-state index contributed by atoms with van der Waals surface area (Å²) in [5.41, 5.74) is 0.439. The van der Waals surface area contributed by atoms with Crippen molar-refractivity contribution < 1.29 is 5.11 Å². The highest BCUT2D eigenvalue weighted by Gasteiger charge is 2.46. The van der Waals surface area contributed by atoms with Crippen molar-refractivity contribution in [1.29, 1.82) is 0 Å². The van der Waals surface area contributed by atoms with E-state index >= 15 is 0 Å². The summed E-state index contributed by atoms with van der Waals surface area (Å²) in [5.74, 6) is 0. The van der Waals surface area contributed by atoms with Crippen molar-refractivity contribution in [2.24, 2.45) is 5.41 Å². The Kier molecular flexibility index (Phi) is 2.59. The van der Waals surface area contributed by atoms with Crippen LogP contribution < -0.4 is 0 Å². The third kappa shape index (κ3) is 1.69. The Morgan fingerprint density at radius 1 is 1.00 bits per heavy atom. The molecule has 0 bridgehead atoms. The largest absolute Gasteiger partial charge is 0.385 e. The van der Waals surface area contributed by atoms with Crippen molar-refractivity contribution in [3.05, 3.63) is 35.9 Å². The second kappa shape index (κ2) is 3.64. The molecule has 1 aromatic rings. The predicted molar refractivity (Wildman–Crippen MR) is 62.6 cm³/mol. The molecule has 1 aromatic carbocycles. The average Bonchev–Trinajstić information content (AvgIpc) is 2.24. The summed E-state index contributed by atoms with van der Waals surface area (Å²) in [7, 11) is 0. The lowest BCUT2D eigenvalue weighted by Gasteiger charge is -2.47. The van der Waals surface area contributed by atoms with Gasteiger partial charge in [0.1, 0.15) is 0 Å². The first kappa shape index (κ1) is 10.7. The minimum Gasteiger partial charge on any atom is -0.385 e. The molecular weight excluding hydrogens is 184 g/mol. The lowest BCUT2D eigenvalue weighted by atomic mass is 9.62. The maximum atomic E-state index is 10.9. The summed E-state index contributed by atoms with van der Waals surface area (Å²) in [6, 6.07) is 10.1. The fourth-order valence-electron chi connectivity index (χ4n) is 2.74. The fraction of sp³-hybridized carbons (Fsp3) is 0.571. The van der Waals surface area contributed by atoms with E-state index < -0.39 is 5.60 Å². The first-order valence-corrected chi connectivity index (χ1v) is 5.84. The molecule has 0 radical (unpaired) electrons. The molecule has 0 aromatic heterocycles. The van der Waals surface area contributed by atoms with E-state index in [0.717, 1.165) is 24.8 Å². The van der Waals surface area contributed by atoms with Gasteiger partial charge in [-0.25, -0.2) is 0 Å². The molecule has 82 valence electrons. The van der Waals surface area contributed by atoms with Gasteiger partial charge in [-0.15, -0.1) is 0 Å². The van der Waals surface area contributed by atoms with E-state index in [9.17, 15) is 5.11 Å². The highest BCUT2D eigenvalue weighted by Crippen LogP contribution is 2.49. The Balaban J connectivity index is 2.40. The van der Waals surface area contributed by atoms with E-state index in [2.05, 4.69) is 13.8 Å². The van der Waals surface area contributed by atoms with Gasteiger partial charge in [0.2, 0.25) is 0 Å². The van der Waals surface area contributed by atoms with Crippen LogP contribution in [0.15, 0.2) is 30.3 Å². The summed E-state index contributed by atoms with van der Waals surface area (Å²) >= 11 is 0. The number of benzene rings is 1. The van der Waals surface area contributed by atoms with Crippen LogP contribution in [0, 0.1) is 5.41 Å². The van der Waals surface area contributed by atoms with Gasteiger partial charge in [0.05, 0.1) is 5.60 Å². The van der Waals surface area contributed by atoms with Crippen LogP contribution in [0.25, 0.3) is 0 Å². The second-order valence-electron chi connectivity index (χ2n) is 5.32. The molecule has 1 fully saturated rings. The fourth-order valence-corrected chi connectivity index (χ4v) is 2.74. The summed E-state index contributed by atoms with van der Waals surface area (Å²) in [6.45, 7) is 4.36. The maximum absolute atomic E-state index is 10.9. The number of hydrogen-bond acceptors (Lipinski definition) is 1. The summed E-state index contributed by atoms with van der Waals surface area (Å²) in [4.78, 5) is 0. The van der Waals surface area contributed by atoms with E-state index in [1.165, 1.54) is 6.42 Å². The van der Waals surface area contributed by atoms with Crippen LogP contribution in [0.4, 0.5) is 0 Å².